The quantitative estimate of drug-likeness (QED) is 0.388. The second kappa shape index (κ2) is 9.50. The summed E-state index contributed by atoms with van der Waals surface area (Å²) in [6.45, 7) is 0.817. The van der Waals surface area contributed by atoms with Gasteiger partial charge in [-0.25, -0.2) is 4.39 Å². The normalized spacial score (nSPS) is 10.6. The van der Waals surface area contributed by atoms with E-state index in [4.69, 9.17) is 32.7 Å². The summed E-state index contributed by atoms with van der Waals surface area (Å²) in [6, 6.07) is 15.2. The fourth-order valence-corrected chi connectivity index (χ4v) is 3.47. The second-order valence-electron chi connectivity index (χ2n) is 5.98. The van der Waals surface area contributed by atoms with Crippen molar-refractivity contribution in [3.63, 3.8) is 0 Å². The second-order valence-corrected chi connectivity index (χ2v) is 7.68. The Bertz CT molecular complexity index is 967. The maximum absolute atomic E-state index is 13.0. The largest absolute Gasteiger partial charge is 0.493 e. The van der Waals surface area contributed by atoms with Crippen LogP contribution < -0.4 is 14.8 Å². The van der Waals surface area contributed by atoms with Crippen LogP contribution in [0.25, 0.3) is 0 Å². The van der Waals surface area contributed by atoms with Crippen molar-refractivity contribution in [1.82, 2.24) is 0 Å². The summed E-state index contributed by atoms with van der Waals surface area (Å²) in [6.07, 6.45) is 0. The smallest absolute Gasteiger partial charge is 0.162 e. The van der Waals surface area contributed by atoms with E-state index in [1.165, 1.54) is 12.1 Å². The molecule has 0 aliphatic rings. The molecule has 0 aliphatic heterocycles. The van der Waals surface area contributed by atoms with Crippen LogP contribution in [0.15, 0.2) is 59.1 Å². The minimum absolute atomic E-state index is 0.268. The number of rotatable bonds is 7. The van der Waals surface area contributed by atoms with E-state index in [1.54, 1.807) is 31.4 Å². The molecule has 28 heavy (non-hydrogen) atoms. The van der Waals surface area contributed by atoms with E-state index in [0.717, 1.165) is 21.3 Å². The molecule has 0 atom stereocenters. The van der Waals surface area contributed by atoms with Crippen LogP contribution in [0, 0.1) is 5.82 Å². The molecule has 0 radical (unpaired) electrons. The van der Waals surface area contributed by atoms with Crippen LogP contribution in [0.2, 0.25) is 10.0 Å². The summed E-state index contributed by atoms with van der Waals surface area (Å²) in [5, 5.41) is 4.37. The Labute approximate surface area is 181 Å². The van der Waals surface area contributed by atoms with Crippen molar-refractivity contribution in [3.05, 3.63) is 86.1 Å². The fourth-order valence-electron chi connectivity index (χ4n) is 2.54. The lowest BCUT2D eigenvalue weighted by molar-refractivity contribution is 0.284. The van der Waals surface area contributed by atoms with E-state index >= 15 is 0 Å². The lowest BCUT2D eigenvalue weighted by Gasteiger charge is -2.15. The summed E-state index contributed by atoms with van der Waals surface area (Å²) < 4.78 is 25.2. The van der Waals surface area contributed by atoms with Crippen LogP contribution in [-0.2, 0) is 13.2 Å². The minimum atomic E-state index is -0.268. The van der Waals surface area contributed by atoms with Gasteiger partial charge in [-0.2, -0.15) is 0 Å². The minimum Gasteiger partial charge on any atom is -0.493 e. The summed E-state index contributed by atoms with van der Waals surface area (Å²) >= 11 is 15.7. The monoisotopic (exact) mass is 483 g/mol. The highest BCUT2D eigenvalue weighted by molar-refractivity contribution is 9.10. The van der Waals surface area contributed by atoms with E-state index in [-0.39, 0.29) is 12.4 Å². The summed E-state index contributed by atoms with van der Waals surface area (Å²) in [4.78, 5) is 0. The predicted octanol–water partition coefficient (Wildman–Crippen LogP) is 7.09. The van der Waals surface area contributed by atoms with Gasteiger partial charge >= 0.3 is 0 Å². The molecule has 0 aliphatic carbocycles. The van der Waals surface area contributed by atoms with E-state index in [9.17, 15) is 4.39 Å². The molecule has 0 fully saturated rings. The Morgan fingerprint density at radius 1 is 0.964 bits per heavy atom. The van der Waals surface area contributed by atoms with Crippen LogP contribution in [0.3, 0.4) is 0 Å². The molecule has 3 aromatic carbocycles. The van der Waals surface area contributed by atoms with Gasteiger partial charge in [0.1, 0.15) is 12.4 Å². The predicted molar refractivity (Wildman–Crippen MR) is 115 cm³/mol. The van der Waals surface area contributed by atoms with E-state index < -0.39 is 0 Å². The Morgan fingerprint density at radius 2 is 1.71 bits per heavy atom. The zero-order valence-electron chi connectivity index (χ0n) is 14.9. The molecule has 0 heterocycles. The van der Waals surface area contributed by atoms with Gasteiger partial charge in [0.2, 0.25) is 0 Å². The van der Waals surface area contributed by atoms with Gasteiger partial charge < -0.3 is 14.8 Å². The fraction of sp³-hybridized carbons (Fsp3) is 0.143. The van der Waals surface area contributed by atoms with Gasteiger partial charge in [-0.3, -0.25) is 0 Å². The van der Waals surface area contributed by atoms with Crippen molar-refractivity contribution in [2.24, 2.45) is 0 Å². The van der Waals surface area contributed by atoms with Crippen molar-refractivity contribution < 1.29 is 13.9 Å². The maximum atomic E-state index is 13.0. The Kier molecular flexibility index (Phi) is 7.05. The van der Waals surface area contributed by atoms with Crippen molar-refractivity contribution >= 4 is 44.8 Å². The average molecular weight is 485 g/mol. The molecule has 146 valence electrons. The van der Waals surface area contributed by atoms with Crippen molar-refractivity contribution in [1.29, 1.82) is 0 Å². The van der Waals surface area contributed by atoms with Crippen LogP contribution in [0.1, 0.15) is 11.1 Å². The molecule has 7 heteroatoms. The molecule has 3 aromatic rings. The first-order valence-corrected chi connectivity index (χ1v) is 9.93. The first-order valence-electron chi connectivity index (χ1n) is 8.39. The molecule has 0 spiro atoms. The number of nitrogens with one attached hydrogen (secondary N) is 1. The van der Waals surface area contributed by atoms with Gasteiger partial charge in [0.15, 0.2) is 11.5 Å². The molecule has 3 nitrogen and oxygen atoms in total. The van der Waals surface area contributed by atoms with Gasteiger partial charge in [-0.15, -0.1) is 0 Å². The van der Waals surface area contributed by atoms with Gasteiger partial charge in [-0.1, -0.05) is 45.2 Å². The lowest BCUT2D eigenvalue weighted by atomic mass is 10.2. The number of hydrogen-bond acceptors (Lipinski definition) is 3. The Morgan fingerprint density at radius 3 is 2.39 bits per heavy atom. The van der Waals surface area contributed by atoms with Gasteiger partial charge in [-0.05, 0) is 54.1 Å². The average Bonchev–Trinajstić information content (AvgIpc) is 2.68. The molecule has 0 saturated heterocycles. The maximum Gasteiger partial charge on any atom is 0.162 e. The van der Waals surface area contributed by atoms with Gasteiger partial charge in [0.05, 0.1) is 7.11 Å². The number of benzene rings is 3. The first-order chi connectivity index (χ1) is 13.5. The van der Waals surface area contributed by atoms with E-state index in [0.29, 0.717) is 28.1 Å². The van der Waals surface area contributed by atoms with Crippen LogP contribution in [0.4, 0.5) is 10.1 Å². The molecule has 1 N–H and O–H groups in total. The number of anilines is 1. The SMILES string of the molecule is COc1cc(CNc2ccc(F)cc2)c(Br)cc1OCc1ccc(Cl)cc1Cl. The Balaban J connectivity index is 1.72. The first kappa shape index (κ1) is 20.8. The number of halogens is 4. The standard InChI is InChI=1S/C21H17BrCl2FNO2/c1-27-20-8-14(11-26-17-6-4-16(25)5-7-17)18(22)10-21(20)28-12-13-2-3-15(23)9-19(13)24/h2-10,26H,11-12H2,1H3. The molecule has 0 aromatic heterocycles. The molecule has 0 amide bonds. The summed E-state index contributed by atoms with van der Waals surface area (Å²) in [5.41, 5.74) is 2.62. The van der Waals surface area contributed by atoms with E-state index in [1.807, 2.05) is 18.2 Å². The zero-order chi connectivity index (χ0) is 20.1. The van der Waals surface area contributed by atoms with Crippen LogP contribution >= 0.6 is 39.1 Å². The molecular weight excluding hydrogens is 468 g/mol. The zero-order valence-corrected chi connectivity index (χ0v) is 18.0. The summed E-state index contributed by atoms with van der Waals surface area (Å²) in [7, 11) is 1.59. The van der Waals surface area contributed by atoms with Crippen LogP contribution in [0.5, 0.6) is 11.5 Å². The third-order valence-electron chi connectivity index (χ3n) is 4.06. The molecule has 0 unspecified atom stereocenters. The van der Waals surface area contributed by atoms with Crippen molar-refractivity contribution in [3.8, 4) is 11.5 Å². The highest BCUT2D eigenvalue weighted by atomic mass is 79.9. The number of hydrogen-bond donors (Lipinski definition) is 1. The third-order valence-corrected chi connectivity index (χ3v) is 5.38. The van der Waals surface area contributed by atoms with Crippen molar-refractivity contribution in [2.75, 3.05) is 12.4 Å². The van der Waals surface area contributed by atoms with Crippen LogP contribution in [-0.4, -0.2) is 7.11 Å². The Hall–Kier alpha value is -1.95. The number of methoxy groups -OCH3 is 1. The highest BCUT2D eigenvalue weighted by Gasteiger charge is 2.12. The molecule has 0 saturated carbocycles. The summed E-state index contributed by atoms with van der Waals surface area (Å²) in [5.74, 6) is 0.922. The van der Waals surface area contributed by atoms with Gasteiger partial charge in [0.25, 0.3) is 0 Å². The molecule has 0 bridgehead atoms. The van der Waals surface area contributed by atoms with Gasteiger partial charge in [0, 0.05) is 32.3 Å². The van der Waals surface area contributed by atoms with Crippen molar-refractivity contribution in [2.45, 2.75) is 13.2 Å². The van der Waals surface area contributed by atoms with E-state index in [2.05, 4.69) is 21.2 Å². The topological polar surface area (TPSA) is 30.5 Å². The lowest BCUT2D eigenvalue weighted by Crippen LogP contribution is -2.03. The molecular formula is C21H17BrCl2FNO2. The number of ether oxygens (including phenoxy) is 2. The molecule has 3 rings (SSSR count). The highest BCUT2D eigenvalue weighted by Crippen LogP contribution is 2.35. The third kappa shape index (κ3) is 5.31.